The molecule has 0 saturated heterocycles. The van der Waals surface area contributed by atoms with Crippen LogP contribution in [-0.4, -0.2) is 8.42 Å². The van der Waals surface area contributed by atoms with E-state index < -0.39 is 15.1 Å². The van der Waals surface area contributed by atoms with Crippen LogP contribution >= 0.6 is 0 Å². The van der Waals surface area contributed by atoms with Gasteiger partial charge in [0, 0.05) is 12.1 Å². The van der Waals surface area contributed by atoms with Crippen LogP contribution in [0, 0.1) is 19.3 Å². The second-order valence-electron chi connectivity index (χ2n) is 3.13. The van der Waals surface area contributed by atoms with Crippen LogP contribution in [0.2, 0.25) is 0 Å². The quantitative estimate of drug-likeness (QED) is 0.472. The van der Waals surface area contributed by atoms with Crippen LogP contribution in [0.4, 0.5) is 9.57 Å². The SMILES string of the molecule is C#CCc1cc(N)c(C)c(S(=O)(=O)F)c1. The van der Waals surface area contributed by atoms with E-state index in [0.29, 0.717) is 5.56 Å². The van der Waals surface area contributed by atoms with Crippen molar-refractivity contribution < 1.29 is 12.3 Å². The lowest BCUT2D eigenvalue weighted by Crippen LogP contribution is -2.02. The zero-order valence-electron chi connectivity index (χ0n) is 8.12. The minimum atomic E-state index is -4.75. The van der Waals surface area contributed by atoms with Crippen LogP contribution in [0.5, 0.6) is 0 Å². The zero-order valence-corrected chi connectivity index (χ0v) is 8.94. The molecule has 2 N–H and O–H groups in total. The average molecular weight is 227 g/mol. The highest BCUT2D eigenvalue weighted by atomic mass is 32.3. The summed E-state index contributed by atoms with van der Waals surface area (Å²) in [6.45, 7) is 1.45. The fourth-order valence-corrected chi connectivity index (χ4v) is 2.02. The molecule has 0 fully saturated rings. The third kappa shape index (κ3) is 2.48. The maximum atomic E-state index is 12.8. The summed E-state index contributed by atoms with van der Waals surface area (Å²) in [5, 5.41) is 0. The monoisotopic (exact) mass is 227 g/mol. The molecule has 0 bridgehead atoms. The summed E-state index contributed by atoms with van der Waals surface area (Å²) in [5.41, 5.74) is 6.49. The Balaban J connectivity index is 3.47. The Morgan fingerprint density at radius 3 is 2.60 bits per heavy atom. The average Bonchev–Trinajstić information content (AvgIpc) is 2.09. The topological polar surface area (TPSA) is 60.2 Å². The minimum Gasteiger partial charge on any atom is -0.398 e. The smallest absolute Gasteiger partial charge is 0.332 e. The van der Waals surface area contributed by atoms with Crippen molar-refractivity contribution in [3.8, 4) is 12.3 Å². The van der Waals surface area contributed by atoms with E-state index in [9.17, 15) is 12.3 Å². The number of hydrogen-bond donors (Lipinski definition) is 1. The maximum absolute atomic E-state index is 12.8. The van der Waals surface area contributed by atoms with E-state index in [0.717, 1.165) is 0 Å². The van der Waals surface area contributed by atoms with E-state index in [1.807, 2.05) is 0 Å². The van der Waals surface area contributed by atoms with Crippen molar-refractivity contribution in [2.75, 3.05) is 5.73 Å². The van der Waals surface area contributed by atoms with Gasteiger partial charge in [-0.15, -0.1) is 16.2 Å². The maximum Gasteiger partial charge on any atom is 0.332 e. The number of hydrogen-bond acceptors (Lipinski definition) is 3. The molecule has 0 aliphatic rings. The first kappa shape index (κ1) is 11.5. The predicted molar refractivity (Wildman–Crippen MR) is 56.4 cm³/mol. The van der Waals surface area contributed by atoms with Gasteiger partial charge in [0.15, 0.2) is 0 Å². The van der Waals surface area contributed by atoms with Gasteiger partial charge in [-0.05, 0) is 30.2 Å². The molecule has 0 saturated carbocycles. The highest BCUT2D eigenvalue weighted by molar-refractivity contribution is 7.86. The Hall–Kier alpha value is -1.54. The fourth-order valence-electron chi connectivity index (χ4n) is 1.24. The molecular formula is C10H10FNO2S. The van der Waals surface area contributed by atoms with Crippen molar-refractivity contribution in [2.24, 2.45) is 0 Å². The number of benzene rings is 1. The van der Waals surface area contributed by atoms with Crippen LogP contribution in [0.25, 0.3) is 0 Å². The third-order valence-corrected chi connectivity index (χ3v) is 2.98. The Labute approximate surface area is 88.3 Å². The number of nitrogens with two attached hydrogens (primary N) is 1. The molecule has 5 heteroatoms. The first-order chi connectivity index (χ1) is 6.86. The molecule has 0 unspecified atom stereocenters. The lowest BCUT2D eigenvalue weighted by molar-refractivity contribution is 0.551. The van der Waals surface area contributed by atoms with Crippen LogP contribution in [0.1, 0.15) is 11.1 Å². The second-order valence-corrected chi connectivity index (χ2v) is 4.44. The molecule has 0 aliphatic heterocycles. The normalized spacial score (nSPS) is 11.0. The summed E-state index contributed by atoms with van der Waals surface area (Å²) in [5.74, 6) is 2.34. The van der Waals surface area contributed by atoms with Crippen molar-refractivity contribution in [1.82, 2.24) is 0 Å². The first-order valence-corrected chi connectivity index (χ1v) is 5.51. The molecular weight excluding hydrogens is 217 g/mol. The van der Waals surface area contributed by atoms with Crippen LogP contribution in [0.15, 0.2) is 17.0 Å². The standard InChI is InChI=1S/C10H10FNO2S/c1-3-4-8-5-9(12)7(2)10(6-8)15(11,13)14/h1,5-6H,4,12H2,2H3. The summed E-state index contributed by atoms with van der Waals surface area (Å²) < 4.78 is 34.4. The van der Waals surface area contributed by atoms with Crippen LogP contribution in [-0.2, 0) is 16.6 Å². The van der Waals surface area contributed by atoms with E-state index in [-0.39, 0.29) is 17.7 Å². The molecule has 0 amide bonds. The van der Waals surface area contributed by atoms with E-state index in [1.165, 1.54) is 13.0 Å². The minimum absolute atomic E-state index is 0.207. The molecule has 15 heavy (non-hydrogen) atoms. The molecule has 0 spiro atoms. The van der Waals surface area contributed by atoms with Crippen LogP contribution < -0.4 is 5.73 Å². The van der Waals surface area contributed by atoms with Crippen molar-refractivity contribution in [1.29, 1.82) is 0 Å². The van der Waals surface area contributed by atoms with Gasteiger partial charge in [0.05, 0.1) is 0 Å². The zero-order chi connectivity index (χ0) is 11.6. The molecule has 80 valence electrons. The largest absolute Gasteiger partial charge is 0.398 e. The fraction of sp³-hybridized carbons (Fsp3) is 0.200. The first-order valence-electron chi connectivity index (χ1n) is 4.13. The molecule has 0 heterocycles. The molecule has 3 nitrogen and oxygen atoms in total. The van der Waals surface area contributed by atoms with Gasteiger partial charge >= 0.3 is 10.2 Å². The third-order valence-electron chi connectivity index (χ3n) is 2.03. The molecule has 0 aliphatic carbocycles. The molecule has 1 aromatic carbocycles. The van der Waals surface area contributed by atoms with Gasteiger partial charge in [0.1, 0.15) is 4.90 Å². The van der Waals surface area contributed by atoms with Gasteiger partial charge in [-0.2, -0.15) is 8.42 Å². The van der Waals surface area contributed by atoms with Crippen molar-refractivity contribution >= 4 is 15.9 Å². The van der Waals surface area contributed by atoms with Gasteiger partial charge < -0.3 is 5.73 Å². The number of rotatable bonds is 2. The number of nitrogen functional groups attached to an aromatic ring is 1. The van der Waals surface area contributed by atoms with Gasteiger partial charge in [-0.1, -0.05) is 0 Å². The number of halogens is 1. The number of terminal acetylenes is 1. The van der Waals surface area contributed by atoms with Gasteiger partial charge in [0.2, 0.25) is 0 Å². The summed E-state index contributed by atoms with van der Waals surface area (Å²) in [4.78, 5) is -0.409. The van der Waals surface area contributed by atoms with Gasteiger partial charge in [0.25, 0.3) is 0 Å². The van der Waals surface area contributed by atoms with Gasteiger partial charge in [-0.25, -0.2) is 0 Å². The summed E-state index contributed by atoms with van der Waals surface area (Å²) in [6, 6.07) is 2.75. The lowest BCUT2D eigenvalue weighted by Gasteiger charge is -2.07. The van der Waals surface area contributed by atoms with E-state index in [1.54, 1.807) is 6.07 Å². The second kappa shape index (κ2) is 3.91. The number of anilines is 1. The summed E-state index contributed by atoms with van der Waals surface area (Å²) >= 11 is 0. The van der Waals surface area contributed by atoms with Crippen molar-refractivity contribution in [3.63, 3.8) is 0 Å². The Kier molecular flexibility index (Phi) is 3.01. The Morgan fingerprint density at radius 1 is 1.53 bits per heavy atom. The molecule has 0 atom stereocenters. The molecule has 0 aromatic heterocycles. The summed E-state index contributed by atoms with van der Waals surface area (Å²) in [6.07, 6.45) is 5.29. The lowest BCUT2D eigenvalue weighted by atomic mass is 10.1. The highest BCUT2D eigenvalue weighted by Crippen LogP contribution is 2.24. The van der Waals surface area contributed by atoms with Gasteiger partial charge in [-0.3, -0.25) is 0 Å². The molecule has 1 aromatic rings. The Bertz CT molecular complexity index is 529. The highest BCUT2D eigenvalue weighted by Gasteiger charge is 2.17. The van der Waals surface area contributed by atoms with E-state index in [4.69, 9.17) is 12.2 Å². The predicted octanol–water partition coefficient (Wildman–Crippen LogP) is 1.41. The van der Waals surface area contributed by atoms with E-state index >= 15 is 0 Å². The van der Waals surface area contributed by atoms with Crippen LogP contribution in [0.3, 0.4) is 0 Å². The van der Waals surface area contributed by atoms with Crippen molar-refractivity contribution in [2.45, 2.75) is 18.2 Å². The molecule has 1 rings (SSSR count). The van der Waals surface area contributed by atoms with Crippen molar-refractivity contribution in [3.05, 3.63) is 23.3 Å². The van der Waals surface area contributed by atoms with E-state index in [2.05, 4.69) is 5.92 Å². The summed E-state index contributed by atoms with van der Waals surface area (Å²) in [7, 11) is -4.75. The molecule has 0 radical (unpaired) electrons. The Morgan fingerprint density at radius 2 is 2.13 bits per heavy atom.